The summed E-state index contributed by atoms with van der Waals surface area (Å²) in [5.41, 5.74) is 3.13. The van der Waals surface area contributed by atoms with Gasteiger partial charge in [-0.05, 0) is 49.2 Å². The monoisotopic (exact) mass is 443 g/mol. The lowest BCUT2D eigenvalue weighted by atomic mass is 10.1. The molecule has 2 aromatic carbocycles. The van der Waals surface area contributed by atoms with Crippen LogP contribution >= 0.6 is 24.0 Å². The van der Waals surface area contributed by atoms with Gasteiger partial charge in [0.25, 0.3) is 5.91 Å². The number of aryl methyl sites for hydroxylation is 2. The van der Waals surface area contributed by atoms with E-state index in [1.165, 1.54) is 27.8 Å². The first kappa shape index (κ1) is 22.2. The average molecular weight is 444 g/mol. The standard InChI is InChI=1S/C23H25NO4S2/c1-15-11-16(2)13-18(12-15)27-9-6-10-28-21-17(7-5-8-19(21)26-4)14-20-22(25)24(3)23(29)30-20/h5,7-8,11-14H,6,9-10H2,1-4H3. The number of carbonyl (C=O) groups excluding carboxylic acids is 1. The topological polar surface area (TPSA) is 48.0 Å². The highest BCUT2D eigenvalue weighted by molar-refractivity contribution is 8.26. The maximum Gasteiger partial charge on any atom is 0.265 e. The van der Waals surface area contributed by atoms with Crippen LogP contribution in [0.2, 0.25) is 0 Å². The smallest absolute Gasteiger partial charge is 0.265 e. The van der Waals surface area contributed by atoms with Crippen molar-refractivity contribution < 1.29 is 19.0 Å². The molecule has 1 fully saturated rings. The van der Waals surface area contributed by atoms with Crippen LogP contribution in [0.25, 0.3) is 6.08 Å². The summed E-state index contributed by atoms with van der Waals surface area (Å²) in [5, 5.41) is 0. The third-order valence-corrected chi connectivity index (χ3v) is 5.99. The summed E-state index contributed by atoms with van der Waals surface area (Å²) in [4.78, 5) is 14.4. The number of para-hydroxylation sites is 1. The van der Waals surface area contributed by atoms with E-state index in [1.54, 1.807) is 20.2 Å². The van der Waals surface area contributed by atoms with E-state index in [0.29, 0.717) is 40.4 Å². The Morgan fingerprint density at radius 3 is 2.43 bits per heavy atom. The molecule has 1 amide bonds. The van der Waals surface area contributed by atoms with Gasteiger partial charge in [-0.25, -0.2) is 0 Å². The highest BCUT2D eigenvalue weighted by atomic mass is 32.2. The van der Waals surface area contributed by atoms with Crippen molar-refractivity contribution in [2.24, 2.45) is 0 Å². The largest absolute Gasteiger partial charge is 0.493 e. The Labute approximate surface area is 187 Å². The maximum atomic E-state index is 12.3. The first-order valence-corrected chi connectivity index (χ1v) is 10.8. The van der Waals surface area contributed by atoms with Crippen molar-refractivity contribution in [3.8, 4) is 17.2 Å². The molecule has 2 aromatic rings. The van der Waals surface area contributed by atoms with E-state index in [-0.39, 0.29) is 5.91 Å². The second-order valence-corrected chi connectivity index (χ2v) is 8.67. The number of carbonyl (C=O) groups is 1. The number of amides is 1. The predicted molar refractivity (Wildman–Crippen MR) is 125 cm³/mol. The van der Waals surface area contributed by atoms with Crippen LogP contribution in [-0.4, -0.2) is 42.5 Å². The molecule has 1 heterocycles. The van der Waals surface area contributed by atoms with Gasteiger partial charge in [-0.1, -0.05) is 42.2 Å². The van der Waals surface area contributed by atoms with Crippen molar-refractivity contribution in [2.45, 2.75) is 20.3 Å². The molecule has 0 radical (unpaired) electrons. The average Bonchev–Trinajstić information content (AvgIpc) is 2.94. The van der Waals surface area contributed by atoms with Crippen LogP contribution in [0.1, 0.15) is 23.1 Å². The van der Waals surface area contributed by atoms with Crippen molar-refractivity contribution in [2.75, 3.05) is 27.4 Å². The minimum Gasteiger partial charge on any atom is -0.493 e. The molecule has 1 saturated heterocycles. The summed E-state index contributed by atoms with van der Waals surface area (Å²) in [6.45, 7) is 5.11. The number of likely N-dealkylation sites (N-methyl/N-ethyl adjacent to an activating group) is 1. The number of methoxy groups -OCH3 is 1. The van der Waals surface area contributed by atoms with Crippen LogP contribution < -0.4 is 14.2 Å². The van der Waals surface area contributed by atoms with Gasteiger partial charge >= 0.3 is 0 Å². The van der Waals surface area contributed by atoms with E-state index < -0.39 is 0 Å². The molecule has 1 aliphatic heterocycles. The second-order valence-electron chi connectivity index (χ2n) is 6.99. The molecule has 0 saturated carbocycles. The number of hydrogen-bond donors (Lipinski definition) is 0. The van der Waals surface area contributed by atoms with Crippen LogP contribution in [0.5, 0.6) is 17.2 Å². The summed E-state index contributed by atoms with van der Waals surface area (Å²) in [6, 6.07) is 11.8. The van der Waals surface area contributed by atoms with E-state index in [0.717, 1.165) is 11.3 Å². The fraction of sp³-hybridized carbons (Fsp3) is 0.304. The molecule has 0 bridgehead atoms. The Hall–Kier alpha value is -2.51. The molecule has 1 aliphatic rings. The Bertz CT molecular complexity index is 967. The molecular formula is C23H25NO4S2. The van der Waals surface area contributed by atoms with Gasteiger partial charge in [0.2, 0.25) is 0 Å². The van der Waals surface area contributed by atoms with Crippen molar-refractivity contribution in [3.05, 3.63) is 58.0 Å². The minimum absolute atomic E-state index is 0.111. The maximum absolute atomic E-state index is 12.3. The lowest BCUT2D eigenvalue weighted by Crippen LogP contribution is -2.22. The Kier molecular flexibility index (Phi) is 7.39. The lowest BCUT2D eigenvalue weighted by Gasteiger charge is -2.14. The Balaban J connectivity index is 1.65. The normalized spacial score (nSPS) is 15.1. The molecule has 0 unspecified atom stereocenters. The summed E-state index contributed by atoms with van der Waals surface area (Å²) in [7, 11) is 3.28. The van der Waals surface area contributed by atoms with Crippen molar-refractivity contribution in [3.63, 3.8) is 0 Å². The molecule has 0 aromatic heterocycles. The van der Waals surface area contributed by atoms with Gasteiger partial charge in [0.15, 0.2) is 11.5 Å². The fourth-order valence-corrected chi connectivity index (χ4v) is 4.26. The number of hydrogen-bond acceptors (Lipinski definition) is 6. The van der Waals surface area contributed by atoms with Gasteiger partial charge in [-0.15, -0.1) is 0 Å². The highest BCUT2D eigenvalue weighted by Crippen LogP contribution is 2.37. The molecule has 0 spiro atoms. The zero-order valence-corrected chi connectivity index (χ0v) is 19.2. The molecule has 30 heavy (non-hydrogen) atoms. The van der Waals surface area contributed by atoms with E-state index in [9.17, 15) is 4.79 Å². The third-order valence-electron chi connectivity index (χ3n) is 4.50. The molecule has 5 nitrogen and oxygen atoms in total. The van der Waals surface area contributed by atoms with Gasteiger partial charge in [0.1, 0.15) is 10.1 Å². The molecule has 3 rings (SSSR count). The Morgan fingerprint density at radius 1 is 1.10 bits per heavy atom. The minimum atomic E-state index is -0.111. The zero-order valence-electron chi connectivity index (χ0n) is 17.6. The van der Waals surface area contributed by atoms with E-state index in [4.69, 9.17) is 26.4 Å². The van der Waals surface area contributed by atoms with Crippen LogP contribution in [0, 0.1) is 13.8 Å². The van der Waals surface area contributed by atoms with Gasteiger partial charge < -0.3 is 14.2 Å². The highest BCUT2D eigenvalue weighted by Gasteiger charge is 2.29. The fourth-order valence-electron chi connectivity index (χ4n) is 3.09. The van der Waals surface area contributed by atoms with Crippen molar-refractivity contribution >= 4 is 40.3 Å². The third kappa shape index (κ3) is 5.34. The number of rotatable bonds is 8. The molecular weight excluding hydrogens is 418 g/mol. The van der Waals surface area contributed by atoms with Gasteiger partial charge in [-0.2, -0.15) is 0 Å². The van der Waals surface area contributed by atoms with Crippen LogP contribution in [-0.2, 0) is 4.79 Å². The second kappa shape index (κ2) is 10.00. The SMILES string of the molecule is COc1cccc(C=C2SC(=S)N(C)C2=O)c1OCCCOc1cc(C)cc(C)c1. The molecule has 0 aliphatic carbocycles. The number of benzene rings is 2. The molecule has 158 valence electrons. The predicted octanol–water partition coefficient (Wildman–Crippen LogP) is 4.99. The van der Waals surface area contributed by atoms with Gasteiger partial charge in [0, 0.05) is 19.0 Å². The van der Waals surface area contributed by atoms with Crippen molar-refractivity contribution in [1.29, 1.82) is 0 Å². The van der Waals surface area contributed by atoms with E-state index in [1.807, 2.05) is 30.3 Å². The summed E-state index contributed by atoms with van der Waals surface area (Å²) in [5.74, 6) is 1.98. The van der Waals surface area contributed by atoms with Crippen LogP contribution in [0.3, 0.4) is 0 Å². The van der Waals surface area contributed by atoms with Crippen LogP contribution in [0.4, 0.5) is 0 Å². The lowest BCUT2D eigenvalue weighted by molar-refractivity contribution is -0.121. The van der Waals surface area contributed by atoms with Crippen molar-refractivity contribution in [1.82, 2.24) is 4.90 Å². The van der Waals surface area contributed by atoms with Gasteiger partial charge in [-0.3, -0.25) is 9.69 Å². The first-order chi connectivity index (χ1) is 14.4. The number of nitrogens with zero attached hydrogens (tertiary/aromatic N) is 1. The van der Waals surface area contributed by atoms with E-state index >= 15 is 0 Å². The molecule has 0 N–H and O–H groups in total. The summed E-state index contributed by atoms with van der Waals surface area (Å²) >= 11 is 6.49. The summed E-state index contributed by atoms with van der Waals surface area (Å²) in [6.07, 6.45) is 2.51. The Morgan fingerprint density at radius 2 is 1.80 bits per heavy atom. The zero-order chi connectivity index (χ0) is 21.7. The molecule has 0 atom stereocenters. The quantitative estimate of drug-likeness (QED) is 0.325. The number of thioether (sulfide) groups is 1. The van der Waals surface area contributed by atoms with Gasteiger partial charge in [0.05, 0.1) is 25.2 Å². The molecule has 7 heteroatoms. The van der Waals surface area contributed by atoms with E-state index in [2.05, 4.69) is 19.9 Å². The van der Waals surface area contributed by atoms with Crippen LogP contribution in [0.15, 0.2) is 41.3 Å². The first-order valence-electron chi connectivity index (χ1n) is 9.61. The number of ether oxygens (including phenoxy) is 3. The summed E-state index contributed by atoms with van der Waals surface area (Å²) < 4.78 is 17.9. The number of thiocarbonyl (C=S) groups is 1.